The van der Waals surface area contributed by atoms with Crippen LogP contribution in [0, 0.1) is 0 Å². The molecule has 17 heavy (non-hydrogen) atoms. The normalized spacial score (nSPS) is 16.5. The number of amides is 1. The molecular formula is C11H18N4O2. The Kier molecular flexibility index (Phi) is 3.73. The van der Waals surface area contributed by atoms with Crippen molar-refractivity contribution in [2.24, 2.45) is 0 Å². The molecule has 1 aliphatic rings. The van der Waals surface area contributed by atoms with Gasteiger partial charge in [-0.25, -0.2) is 0 Å². The SMILES string of the molecule is CC(C)c1nnc(CC(=O)N2CCNCC2)o1. The smallest absolute Gasteiger partial charge is 0.232 e. The zero-order valence-corrected chi connectivity index (χ0v) is 10.3. The van der Waals surface area contributed by atoms with Gasteiger partial charge in [0.2, 0.25) is 17.7 Å². The van der Waals surface area contributed by atoms with Gasteiger partial charge in [-0.15, -0.1) is 10.2 Å². The minimum Gasteiger partial charge on any atom is -0.424 e. The first kappa shape index (κ1) is 12.0. The summed E-state index contributed by atoms with van der Waals surface area (Å²) in [7, 11) is 0. The molecule has 0 bridgehead atoms. The topological polar surface area (TPSA) is 71.3 Å². The van der Waals surface area contributed by atoms with Gasteiger partial charge in [0, 0.05) is 32.1 Å². The lowest BCUT2D eigenvalue weighted by atomic mass is 10.2. The molecule has 1 aromatic rings. The molecular weight excluding hydrogens is 220 g/mol. The molecule has 0 radical (unpaired) electrons. The van der Waals surface area contributed by atoms with Crippen molar-refractivity contribution in [3.8, 4) is 0 Å². The second-order valence-electron chi connectivity index (χ2n) is 4.50. The summed E-state index contributed by atoms with van der Waals surface area (Å²) >= 11 is 0. The molecule has 6 nitrogen and oxygen atoms in total. The maximum atomic E-state index is 11.9. The van der Waals surface area contributed by atoms with Crippen molar-refractivity contribution in [3.05, 3.63) is 11.8 Å². The van der Waals surface area contributed by atoms with E-state index in [0.29, 0.717) is 11.8 Å². The van der Waals surface area contributed by atoms with Gasteiger partial charge in [0.15, 0.2) is 0 Å². The van der Waals surface area contributed by atoms with Crippen LogP contribution in [0.25, 0.3) is 0 Å². The van der Waals surface area contributed by atoms with Gasteiger partial charge in [-0.2, -0.15) is 0 Å². The van der Waals surface area contributed by atoms with Crippen molar-refractivity contribution in [1.82, 2.24) is 20.4 Å². The molecule has 6 heteroatoms. The molecule has 1 amide bonds. The number of nitrogens with one attached hydrogen (secondary N) is 1. The molecule has 0 aliphatic carbocycles. The van der Waals surface area contributed by atoms with Crippen LogP contribution in [0.5, 0.6) is 0 Å². The Morgan fingerprint density at radius 3 is 2.71 bits per heavy atom. The quantitative estimate of drug-likeness (QED) is 0.812. The fourth-order valence-corrected chi connectivity index (χ4v) is 1.73. The second kappa shape index (κ2) is 5.27. The number of piperazine rings is 1. The minimum atomic E-state index is 0.0606. The van der Waals surface area contributed by atoms with Gasteiger partial charge in [0.25, 0.3) is 0 Å². The second-order valence-corrected chi connectivity index (χ2v) is 4.50. The largest absolute Gasteiger partial charge is 0.424 e. The van der Waals surface area contributed by atoms with Gasteiger partial charge < -0.3 is 14.6 Å². The predicted octanol–water partition coefficient (Wildman–Crippen LogP) is 0.167. The third kappa shape index (κ3) is 3.03. The number of hydrogen-bond acceptors (Lipinski definition) is 5. The summed E-state index contributed by atoms with van der Waals surface area (Å²) < 4.78 is 5.42. The summed E-state index contributed by atoms with van der Waals surface area (Å²) in [6, 6.07) is 0. The number of rotatable bonds is 3. The average Bonchev–Trinajstić information content (AvgIpc) is 2.79. The lowest BCUT2D eigenvalue weighted by molar-refractivity contribution is -0.131. The summed E-state index contributed by atoms with van der Waals surface area (Å²) in [5.74, 6) is 1.27. The molecule has 0 aromatic carbocycles. The highest BCUT2D eigenvalue weighted by molar-refractivity contribution is 5.77. The number of carbonyl (C=O) groups is 1. The van der Waals surface area contributed by atoms with Crippen LogP contribution in [0.3, 0.4) is 0 Å². The van der Waals surface area contributed by atoms with Gasteiger partial charge in [0.1, 0.15) is 6.42 Å². The Balaban J connectivity index is 1.92. The molecule has 0 unspecified atom stereocenters. The van der Waals surface area contributed by atoms with Crippen molar-refractivity contribution in [2.75, 3.05) is 26.2 Å². The van der Waals surface area contributed by atoms with Crippen LogP contribution in [0.15, 0.2) is 4.42 Å². The lowest BCUT2D eigenvalue weighted by Crippen LogP contribution is -2.46. The van der Waals surface area contributed by atoms with Crippen LogP contribution in [0.1, 0.15) is 31.5 Å². The number of carbonyl (C=O) groups excluding carboxylic acids is 1. The van der Waals surface area contributed by atoms with E-state index in [-0.39, 0.29) is 18.2 Å². The van der Waals surface area contributed by atoms with Crippen LogP contribution >= 0.6 is 0 Å². The Bertz CT molecular complexity index is 383. The first-order valence-electron chi connectivity index (χ1n) is 5.97. The van der Waals surface area contributed by atoms with E-state index in [4.69, 9.17) is 4.42 Å². The van der Waals surface area contributed by atoms with Crippen LogP contribution in [-0.2, 0) is 11.2 Å². The third-order valence-corrected chi connectivity index (χ3v) is 2.75. The van der Waals surface area contributed by atoms with E-state index in [0.717, 1.165) is 26.2 Å². The summed E-state index contributed by atoms with van der Waals surface area (Å²) in [6.45, 7) is 7.18. The third-order valence-electron chi connectivity index (χ3n) is 2.75. The van der Waals surface area contributed by atoms with Gasteiger partial charge in [0.05, 0.1) is 0 Å². The molecule has 1 aliphatic heterocycles. The first-order chi connectivity index (χ1) is 8.16. The molecule has 2 rings (SSSR count). The van der Waals surface area contributed by atoms with E-state index in [2.05, 4.69) is 15.5 Å². The Morgan fingerprint density at radius 2 is 2.12 bits per heavy atom. The molecule has 2 heterocycles. The monoisotopic (exact) mass is 238 g/mol. The van der Waals surface area contributed by atoms with E-state index >= 15 is 0 Å². The summed E-state index contributed by atoms with van der Waals surface area (Å²) in [5, 5.41) is 11.0. The average molecular weight is 238 g/mol. The van der Waals surface area contributed by atoms with E-state index in [1.807, 2.05) is 18.7 Å². The van der Waals surface area contributed by atoms with Crippen LogP contribution in [-0.4, -0.2) is 47.2 Å². The van der Waals surface area contributed by atoms with Gasteiger partial charge in [-0.1, -0.05) is 13.8 Å². The summed E-state index contributed by atoms with van der Waals surface area (Å²) in [6.07, 6.45) is 0.208. The Labute approximate surface area is 100 Å². The maximum Gasteiger partial charge on any atom is 0.232 e. The van der Waals surface area contributed by atoms with E-state index in [9.17, 15) is 4.79 Å². The van der Waals surface area contributed by atoms with E-state index in [1.54, 1.807) is 0 Å². The molecule has 0 atom stereocenters. The summed E-state index contributed by atoms with van der Waals surface area (Å²) in [4.78, 5) is 13.7. The molecule has 94 valence electrons. The van der Waals surface area contributed by atoms with Gasteiger partial charge in [-0.05, 0) is 0 Å². The lowest BCUT2D eigenvalue weighted by Gasteiger charge is -2.26. The fourth-order valence-electron chi connectivity index (χ4n) is 1.73. The van der Waals surface area contributed by atoms with Crippen molar-refractivity contribution in [3.63, 3.8) is 0 Å². The molecule has 1 saturated heterocycles. The molecule has 1 fully saturated rings. The van der Waals surface area contributed by atoms with E-state index < -0.39 is 0 Å². The number of nitrogens with zero attached hydrogens (tertiary/aromatic N) is 3. The number of aromatic nitrogens is 2. The number of hydrogen-bond donors (Lipinski definition) is 1. The van der Waals surface area contributed by atoms with Crippen molar-refractivity contribution >= 4 is 5.91 Å². The molecule has 1 aromatic heterocycles. The van der Waals surface area contributed by atoms with Crippen LogP contribution in [0.2, 0.25) is 0 Å². The van der Waals surface area contributed by atoms with Gasteiger partial charge >= 0.3 is 0 Å². The molecule has 0 saturated carbocycles. The molecule has 1 N–H and O–H groups in total. The molecule has 0 spiro atoms. The van der Waals surface area contributed by atoms with Crippen molar-refractivity contribution < 1.29 is 9.21 Å². The van der Waals surface area contributed by atoms with Crippen LogP contribution in [0.4, 0.5) is 0 Å². The van der Waals surface area contributed by atoms with Crippen molar-refractivity contribution in [1.29, 1.82) is 0 Å². The Hall–Kier alpha value is -1.43. The highest BCUT2D eigenvalue weighted by Crippen LogP contribution is 2.12. The maximum absolute atomic E-state index is 11.9. The van der Waals surface area contributed by atoms with Gasteiger partial charge in [-0.3, -0.25) is 4.79 Å². The Morgan fingerprint density at radius 1 is 1.41 bits per heavy atom. The van der Waals surface area contributed by atoms with Crippen LogP contribution < -0.4 is 5.32 Å². The zero-order chi connectivity index (χ0) is 12.3. The fraction of sp³-hybridized carbons (Fsp3) is 0.727. The standard InChI is InChI=1S/C11H18N4O2/c1-8(2)11-14-13-9(17-11)7-10(16)15-5-3-12-4-6-15/h8,12H,3-7H2,1-2H3. The highest BCUT2D eigenvalue weighted by Gasteiger charge is 2.19. The summed E-state index contributed by atoms with van der Waals surface area (Å²) in [5.41, 5.74) is 0. The van der Waals surface area contributed by atoms with Crippen molar-refractivity contribution in [2.45, 2.75) is 26.2 Å². The predicted molar refractivity (Wildman–Crippen MR) is 61.5 cm³/mol. The highest BCUT2D eigenvalue weighted by atomic mass is 16.4. The first-order valence-corrected chi connectivity index (χ1v) is 5.97. The van der Waals surface area contributed by atoms with E-state index in [1.165, 1.54) is 0 Å². The zero-order valence-electron chi connectivity index (χ0n) is 10.3. The minimum absolute atomic E-state index is 0.0606.